The Morgan fingerprint density at radius 3 is 2.36 bits per heavy atom. The first-order chi connectivity index (χ1) is 19.7. The van der Waals surface area contributed by atoms with E-state index >= 15 is 0 Å². The molecule has 0 spiro atoms. The zero-order valence-corrected chi connectivity index (χ0v) is 23.1. The zero-order chi connectivity index (χ0) is 31.3. The number of nitrogens with two attached hydrogens (primary N) is 1. The van der Waals surface area contributed by atoms with Gasteiger partial charge in [0.25, 0.3) is 5.91 Å². The molecule has 6 unspecified atom stereocenters. The number of fused-ring (bicyclic) bond motifs is 3. The molecule has 226 valence electrons. The minimum atomic E-state index is -3.14. The maximum atomic E-state index is 14.3. The number of likely N-dealkylation sites (N-methyl/N-ethyl adjacent to an activating group) is 1. The molecule has 0 aromatic heterocycles. The van der Waals surface area contributed by atoms with E-state index in [2.05, 4.69) is 0 Å². The van der Waals surface area contributed by atoms with E-state index in [-0.39, 0.29) is 24.3 Å². The van der Waals surface area contributed by atoms with Crippen LogP contribution >= 0.6 is 0 Å². The number of hydrogen-bond donors (Lipinski definition) is 6. The summed E-state index contributed by atoms with van der Waals surface area (Å²) in [5.74, 6) is -13.4. The van der Waals surface area contributed by atoms with Crippen molar-refractivity contribution in [2.75, 3.05) is 27.3 Å². The summed E-state index contributed by atoms with van der Waals surface area (Å²) in [4.78, 5) is 65.6. The largest absolute Gasteiger partial charge is 0.508 e. The molecule has 1 saturated carbocycles. The van der Waals surface area contributed by atoms with E-state index in [4.69, 9.17) is 15.2 Å². The number of nitrogens with zero attached hydrogens (tertiary/aromatic N) is 1. The fraction of sp³-hybridized carbons (Fsp3) is 0.464. The molecule has 1 fully saturated rings. The third-order valence-corrected chi connectivity index (χ3v) is 7.98. The first-order valence-corrected chi connectivity index (χ1v) is 13.2. The van der Waals surface area contributed by atoms with Crippen LogP contribution in [0, 0.1) is 11.8 Å². The SMILES string of the molecule is CCCOCC1c2cccc(O)c2C(O)=C2C(=O)C3(O)C(O)=C(C(N)=O)C(=O)C(N(C)C)C3C(OC(=O)CC(=O)O)C21. The first-order valence-electron chi connectivity index (χ1n) is 13.2. The number of rotatable bonds is 9. The number of benzene rings is 1. The third kappa shape index (κ3) is 4.61. The van der Waals surface area contributed by atoms with Crippen LogP contribution in [0.25, 0.3) is 5.76 Å². The minimum Gasteiger partial charge on any atom is -0.508 e. The van der Waals surface area contributed by atoms with Crippen molar-refractivity contribution in [2.24, 2.45) is 17.6 Å². The summed E-state index contributed by atoms with van der Waals surface area (Å²) in [6.45, 7) is 1.96. The van der Waals surface area contributed by atoms with Crippen LogP contribution in [0.15, 0.2) is 35.1 Å². The Morgan fingerprint density at radius 1 is 1.12 bits per heavy atom. The van der Waals surface area contributed by atoms with E-state index in [9.17, 15) is 49.5 Å². The summed E-state index contributed by atoms with van der Waals surface area (Å²) in [7, 11) is 2.76. The van der Waals surface area contributed by atoms with Crippen molar-refractivity contribution in [3.05, 3.63) is 46.2 Å². The Kier molecular flexibility index (Phi) is 8.18. The van der Waals surface area contributed by atoms with Gasteiger partial charge in [-0.2, -0.15) is 0 Å². The van der Waals surface area contributed by atoms with E-state index < -0.39 is 99.7 Å². The standard InChI is InChI=1S/C28H32N2O12/c1-4-8-41-10-12-11-6-5-7-13(31)16(11)22(35)18-17(12)24(42-15(34)9-14(32)33)20-21(30(2)3)23(36)19(27(29)39)26(38)28(20,40)25(18)37/h5-7,12,17,20-21,24,31,35,38,40H,4,8-10H2,1-3H3,(H2,29,39)(H,32,33). The molecule has 3 aliphatic rings. The lowest BCUT2D eigenvalue weighted by molar-refractivity contribution is -0.187. The van der Waals surface area contributed by atoms with Crippen LogP contribution in [0.2, 0.25) is 0 Å². The number of primary amides is 1. The summed E-state index contributed by atoms with van der Waals surface area (Å²) < 4.78 is 11.4. The predicted molar refractivity (Wildman–Crippen MR) is 142 cm³/mol. The van der Waals surface area contributed by atoms with Crippen LogP contribution < -0.4 is 5.73 Å². The summed E-state index contributed by atoms with van der Waals surface area (Å²) in [6, 6.07) is 2.68. The van der Waals surface area contributed by atoms with Gasteiger partial charge in [0, 0.05) is 24.0 Å². The van der Waals surface area contributed by atoms with Crippen LogP contribution in [0.4, 0.5) is 0 Å². The smallest absolute Gasteiger partial charge is 0.317 e. The van der Waals surface area contributed by atoms with Gasteiger partial charge in [0.1, 0.15) is 35.4 Å². The van der Waals surface area contributed by atoms with E-state index in [1.165, 1.54) is 31.1 Å². The molecule has 14 heteroatoms. The van der Waals surface area contributed by atoms with Gasteiger partial charge >= 0.3 is 11.9 Å². The van der Waals surface area contributed by atoms with Gasteiger partial charge in [0.15, 0.2) is 11.4 Å². The molecule has 14 nitrogen and oxygen atoms in total. The Labute approximate surface area is 239 Å². The number of aromatic hydroxyl groups is 1. The van der Waals surface area contributed by atoms with Gasteiger partial charge in [-0.1, -0.05) is 19.1 Å². The van der Waals surface area contributed by atoms with Gasteiger partial charge in [-0.25, -0.2) is 0 Å². The Balaban J connectivity index is 2.09. The lowest BCUT2D eigenvalue weighted by Gasteiger charge is -2.54. The van der Waals surface area contributed by atoms with E-state index in [1.807, 2.05) is 6.92 Å². The Morgan fingerprint density at radius 2 is 1.79 bits per heavy atom. The summed E-state index contributed by atoms with van der Waals surface area (Å²) in [5.41, 5.74) is 0.695. The van der Waals surface area contributed by atoms with Crippen molar-refractivity contribution in [1.82, 2.24) is 4.90 Å². The molecule has 1 aromatic carbocycles. The number of carboxylic acids is 1. The summed E-state index contributed by atoms with van der Waals surface area (Å²) >= 11 is 0. The molecule has 0 bridgehead atoms. The lowest BCUT2D eigenvalue weighted by atomic mass is 9.54. The van der Waals surface area contributed by atoms with E-state index in [0.717, 1.165) is 0 Å². The monoisotopic (exact) mass is 588 g/mol. The quantitative estimate of drug-likeness (QED) is 0.0960. The molecular weight excluding hydrogens is 556 g/mol. The average molecular weight is 589 g/mol. The maximum Gasteiger partial charge on any atom is 0.317 e. The Bertz CT molecular complexity index is 1430. The molecule has 6 atom stereocenters. The molecule has 0 heterocycles. The second-order valence-electron chi connectivity index (χ2n) is 10.7. The van der Waals surface area contributed by atoms with Crippen molar-refractivity contribution in [3.63, 3.8) is 0 Å². The van der Waals surface area contributed by atoms with Gasteiger partial charge in [-0.15, -0.1) is 0 Å². The number of phenols is 1. The second kappa shape index (κ2) is 11.2. The van der Waals surface area contributed by atoms with Crippen LogP contribution in [0.1, 0.15) is 36.8 Å². The summed E-state index contributed by atoms with van der Waals surface area (Å²) in [5, 5.41) is 54.5. The van der Waals surface area contributed by atoms with E-state index in [0.29, 0.717) is 6.42 Å². The third-order valence-electron chi connectivity index (χ3n) is 7.98. The van der Waals surface area contributed by atoms with Gasteiger partial charge in [0.05, 0.1) is 24.1 Å². The lowest BCUT2D eigenvalue weighted by Crippen LogP contribution is -2.71. The molecule has 0 radical (unpaired) electrons. The van der Waals surface area contributed by atoms with Crippen molar-refractivity contribution in [2.45, 2.75) is 43.4 Å². The number of aliphatic carboxylic acids is 1. The highest BCUT2D eigenvalue weighted by molar-refractivity contribution is 6.24. The number of ketones is 2. The van der Waals surface area contributed by atoms with Crippen molar-refractivity contribution in [3.8, 4) is 5.75 Å². The van der Waals surface area contributed by atoms with Crippen LogP contribution in [-0.2, 0) is 33.4 Å². The molecule has 0 saturated heterocycles. The van der Waals surface area contributed by atoms with Gasteiger partial charge in [0.2, 0.25) is 5.78 Å². The fourth-order valence-electron chi connectivity index (χ4n) is 6.38. The number of hydrogen-bond acceptors (Lipinski definition) is 12. The number of carboxylic acid groups (broad SMARTS) is 1. The molecule has 0 aliphatic heterocycles. The normalized spacial score (nSPS) is 28.7. The number of carbonyl (C=O) groups is 5. The molecule has 42 heavy (non-hydrogen) atoms. The Hall–Kier alpha value is -4.27. The minimum absolute atomic E-state index is 0.147. The van der Waals surface area contributed by atoms with E-state index in [1.54, 1.807) is 6.07 Å². The highest BCUT2D eigenvalue weighted by atomic mass is 16.5. The van der Waals surface area contributed by atoms with Crippen molar-refractivity contribution >= 4 is 35.2 Å². The topological polar surface area (TPSA) is 234 Å². The number of aliphatic hydroxyl groups excluding tert-OH is 2. The van der Waals surface area contributed by atoms with Crippen molar-refractivity contribution < 1.29 is 59.0 Å². The van der Waals surface area contributed by atoms with Gasteiger partial charge < -0.3 is 40.7 Å². The van der Waals surface area contributed by atoms with Crippen LogP contribution in [0.5, 0.6) is 5.75 Å². The molecule has 1 aromatic rings. The number of ether oxygens (including phenoxy) is 2. The number of esters is 1. The highest BCUT2D eigenvalue weighted by Crippen LogP contribution is 2.57. The number of Topliss-reactive ketones (excluding diaryl/α,β-unsaturated/α-hetero) is 2. The molecule has 3 aliphatic carbocycles. The highest BCUT2D eigenvalue weighted by Gasteiger charge is 2.70. The number of carbonyl (C=O) groups excluding carboxylic acids is 4. The van der Waals surface area contributed by atoms with Gasteiger partial charge in [-0.3, -0.25) is 28.9 Å². The zero-order valence-electron chi connectivity index (χ0n) is 23.1. The second-order valence-corrected chi connectivity index (χ2v) is 10.7. The first kappa shape index (κ1) is 30.7. The van der Waals surface area contributed by atoms with Crippen molar-refractivity contribution in [1.29, 1.82) is 0 Å². The fourth-order valence-corrected chi connectivity index (χ4v) is 6.38. The number of aliphatic hydroxyl groups is 3. The molecule has 4 rings (SSSR count). The maximum absolute atomic E-state index is 14.3. The molecule has 7 N–H and O–H groups in total. The van der Waals surface area contributed by atoms with Crippen LogP contribution in [0.3, 0.4) is 0 Å². The van der Waals surface area contributed by atoms with Crippen LogP contribution in [-0.4, -0.2) is 105 Å². The number of phenolic OH excluding ortho intramolecular Hbond substituents is 1. The molecule has 1 amide bonds. The predicted octanol–water partition coefficient (Wildman–Crippen LogP) is -0.0719. The summed E-state index contributed by atoms with van der Waals surface area (Å²) in [6.07, 6.45) is -2.27. The van der Waals surface area contributed by atoms with Gasteiger partial charge in [-0.05, 0) is 32.1 Å². The average Bonchev–Trinajstić information content (AvgIpc) is 2.88. The molecular formula is C28H32N2O12. The number of amides is 1.